The van der Waals surface area contributed by atoms with Gasteiger partial charge in [-0.3, -0.25) is 9.59 Å². The van der Waals surface area contributed by atoms with E-state index in [0.29, 0.717) is 10.9 Å². The van der Waals surface area contributed by atoms with Gasteiger partial charge in [-0.25, -0.2) is 8.78 Å². The number of carbonyl (C=O) groups excluding carboxylic acids is 1. The Bertz CT molecular complexity index is 1210. The molecule has 0 spiro atoms. The maximum Gasteiger partial charge on any atom is 0.279 e. The SMILES string of the molecule is Cc1ccccc1CSc1nc(=O)c2c(n1C)NC(=O)CC2c1cccc(F)c1F. The molecule has 1 atom stereocenters. The molecule has 30 heavy (non-hydrogen) atoms. The van der Waals surface area contributed by atoms with Gasteiger partial charge in [0, 0.05) is 25.1 Å². The lowest BCUT2D eigenvalue weighted by atomic mass is 9.86. The van der Waals surface area contributed by atoms with E-state index in [1.165, 1.54) is 23.9 Å². The molecule has 0 saturated carbocycles. The van der Waals surface area contributed by atoms with Crippen molar-refractivity contribution in [3.05, 3.63) is 86.7 Å². The third kappa shape index (κ3) is 3.63. The first-order chi connectivity index (χ1) is 14.4. The van der Waals surface area contributed by atoms with Crippen molar-refractivity contribution in [2.24, 2.45) is 7.05 Å². The highest BCUT2D eigenvalue weighted by Crippen LogP contribution is 2.37. The minimum absolute atomic E-state index is 0.0229. The first-order valence-corrected chi connectivity index (χ1v) is 10.4. The summed E-state index contributed by atoms with van der Waals surface area (Å²) in [5, 5.41) is 3.14. The molecule has 0 radical (unpaired) electrons. The molecule has 4 rings (SSSR count). The number of nitrogens with zero attached hydrogens (tertiary/aromatic N) is 2. The van der Waals surface area contributed by atoms with Gasteiger partial charge in [0.15, 0.2) is 16.8 Å². The third-order valence-electron chi connectivity index (χ3n) is 5.28. The Labute approximate surface area is 176 Å². The van der Waals surface area contributed by atoms with Crippen molar-refractivity contribution in [2.75, 3.05) is 5.32 Å². The average molecular weight is 427 g/mol. The second-order valence-corrected chi connectivity index (χ2v) is 8.13. The summed E-state index contributed by atoms with van der Waals surface area (Å²) in [6.45, 7) is 2.01. The molecule has 2 aromatic carbocycles. The van der Waals surface area contributed by atoms with Crippen LogP contribution < -0.4 is 10.9 Å². The summed E-state index contributed by atoms with van der Waals surface area (Å²) >= 11 is 1.37. The highest BCUT2D eigenvalue weighted by Gasteiger charge is 2.34. The standard InChI is InChI=1S/C22H19F2N3O2S/c1-12-6-3-4-7-13(12)11-30-22-26-21(29)18-15(10-17(28)25-20(18)27(22)2)14-8-5-9-16(23)19(14)24/h3-9,15H,10-11H2,1-2H3,(H,25,28). The maximum absolute atomic E-state index is 14.4. The highest BCUT2D eigenvalue weighted by molar-refractivity contribution is 7.98. The minimum atomic E-state index is -1.05. The number of halogens is 2. The van der Waals surface area contributed by atoms with Crippen LogP contribution in [0.1, 0.15) is 34.6 Å². The zero-order valence-electron chi connectivity index (χ0n) is 16.4. The number of thioether (sulfide) groups is 1. The number of rotatable bonds is 4. The van der Waals surface area contributed by atoms with Crippen LogP contribution in [0.4, 0.5) is 14.6 Å². The molecule has 0 aliphatic carbocycles. The summed E-state index contributed by atoms with van der Waals surface area (Å²) in [4.78, 5) is 29.4. The number of carbonyl (C=O) groups is 1. The van der Waals surface area contributed by atoms with E-state index in [1.54, 1.807) is 11.6 Å². The highest BCUT2D eigenvalue weighted by atomic mass is 32.2. The van der Waals surface area contributed by atoms with Crippen LogP contribution in [0, 0.1) is 18.6 Å². The summed E-state index contributed by atoms with van der Waals surface area (Å²) in [6, 6.07) is 11.7. The van der Waals surface area contributed by atoms with Gasteiger partial charge < -0.3 is 9.88 Å². The molecule has 3 aromatic rings. The molecule has 1 aliphatic rings. The number of amides is 1. The zero-order valence-corrected chi connectivity index (χ0v) is 17.2. The smallest absolute Gasteiger partial charge is 0.279 e. The van der Waals surface area contributed by atoms with Crippen molar-refractivity contribution in [1.82, 2.24) is 9.55 Å². The Morgan fingerprint density at radius 2 is 1.93 bits per heavy atom. The molecule has 1 N–H and O–H groups in total. The quantitative estimate of drug-likeness (QED) is 0.502. The van der Waals surface area contributed by atoms with E-state index in [9.17, 15) is 18.4 Å². The van der Waals surface area contributed by atoms with Gasteiger partial charge in [0.25, 0.3) is 5.56 Å². The molecule has 0 fully saturated rings. The largest absolute Gasteiger partial charge is 0.312 e. The Balaban J connectivity index is 1.76. The molecule has 1 amide bonds. The van der Waals surface area contributed by atoms with Crippen molar-refractivity contribution in [3.63, 3.8) is 0 Å². The van der Waals surface area contributed by atoms with Crippen molar-refractivity contribution >= 4 is 23.5 Å². The molecular weight excluding hydrogens is 408 g/mol. The number of benzene rings is 2. The van der Waals surface area contributed by atoms with Gasteiger partial charge >= 0.3 is 0 Å². The van der Waals surface area contributed by atoms with E-state index in [2.05, 4.69) is 10.3 Å². The number of hydrogen-bond donors (Lipinski definition) is 1. The van der Waals surface area contributed by atoms with Crippen LogP contribution in [0.15, 0.2) is 52.4 Å². The second-order valence-electron chi connectivity index (χ2n) is 7.18. The minimum Gasteiger partial charge on any atom is -0.312 e. The maximum atomic E-state index is 14.4. The van der Waals surface area contributed by atoms with Crippen molar-refractivity contribution in [1.29, 1.82) is 0 Å². The van der Waals surface area contributed by atoms with Crippen LogP contribution in [-0.4, -0.2) is 15.5 Å². The molecule has 1 aliphatic heterocycles. The Morgan fingerprint density at radius 1 is 1.17 bits per heavy atom. The number of hydrogen-bond acceptors (Lipinski definition) is 4. The predicted octanol–water partition coefficient (Wildman–Crippen LogP) is 4.13. The first kappa shape index (κ1) is 20.3. The number of fused-ring (bicyclic) bond motifs is 1. The monoisotopic (exact) mass is 427 g/mol. The fourth-order valence-electron chi connectivity index (χ4n) is 3.63. The molecule has 5 nitrogen and oxygen atoms in total. The molecule has 1 unspecified atom stereocenters. The van der Waals surface area contributed by atoms with Gasteiger partial charge in [0.1, 0.15) is 5.82 Å². The van der Waals surface area contributed by atoms with E-state index in [-0.39, 0.29) is 29.3 Å². The van der Waals surface area contributed by atoms with E-state index in [4.69, 9.17) is 0 Å². The lowest BCUT2D eigenvalue weighted by Crippen LogP contribution is -2.34. The fourth-order valence-corrected chi connectivity index (χ4v) is 4.67. The predicted molar refractivity (Wildman–Crippen MR) is 112 cm³/mol. The van der Waals surface area contributed by atoms with Crippen molar-refractivity contribution in [3.8, 4) is 0 Å². The van der Waals surface area contributed by atoms with E-state index in [0.717, 1.165) is 17.2 Å². The average Bonchev–Trinajstić information content (AvgIpc) is 2.72. The Kier molecular flexibility index (Phi) is 5.42. The fraction of sp³-hybridized carbons (Fsp3) is 0.227. The summed E-state index contributed by atoms with van der Waals surface area (Å²) in [5.41, 5.74) is 1.83. The van der Waals surface area contributed by atoms with Crippen molar-refractivity contribution < 1.29 is 13.6 Å². The van der Waals surface area contributed by atoms with Crippen LogP contribution in [-0.2, 0) is 17.6 Å². The Morgan fingerprint density at radius 3 is 2.70 bits per heavy atom. The summed E-state index contributed by atoms with van der Waals surface area (Å²) in [7, 11) is 1.69. The normalized spacial score (nSPS) is 15.6. The van der Waals surface area contributed by atoms with E-state index in [1.807, 2.05) is 31.2 Å². The number of anilines is 1. The van der Waals surface area contributed by atoms with E-state index >= 15 is 0 Å². The Hall–Kier alpha value is -3.00. The molecule has 0 bridgehead atoms. The molecule has 8 heteroatoms. The molecule has 2 heterocycles. The second kappa shape index (κ2) is 8.02. The molecule has 1 aromatic heterocycles. The summed E-state index contributed by atoms with van der Waals surface area (Å²) < 4.78 is 29.8. The number of nitrogens with one attached hydrogen (secondary N) is 1. The topological polar surface area (TPSA) is 64.0 Å². The van der Waals surface area contributed by atoms with Crippen LogP contribution in [0.3, 0.4) is 0 Å². The van der Waals surface area contributed by atoms with Gasteiger partial charge in [0.05, 0.1) is 5.56 Å². The van der Waals surface area contributed by atoms with Crippen LogP contribution in [0.2, 0.25) is 0 Å². The van der Waals surface area contributed by atoms with Crippen molar-refractivity contribution in [2.45, 2.75) is 30.2 Å². The third-order valence-corrected chi connectivity index (χ3v) is 6.35. The lowest BCUT2D eigenvalue weighted by Gasteiger charge is -2.27. The van der Waals surface area contributed by atoms with Gasteiger partial charge in [-0.1, -0.05) is 48.2 Å². The van der Waals surface area contributed by atoms with Crippen LogP contribution >= 0.6 is 11.8 Å². The lowest BCUT2D eigenvalue weighted by molar-refractivity contribution is -0.116. The van der Waals surface area contributed by atoms with Gasteiger partial charge in [-0.05, 0) is 29.7 Å². The zero-order chi connectivity index (χ0) is 21.4. The first-order valence-electron chi connectivity index (χ1n) is 9.38. The van der Waals surface area contributed by atoms with E-state index < -0.39 is 23.1 Å². The molecular formula is C22H19F2N3O2S. The summed E-state index contributed by atoms with van der Waals surface area (Å²) in [5.74, 6) is -2.47. The van der Waals surface area contributed by atoms with Gasteiger partial charge in [0.2, 0.25) is 5.91 Å². The van der Waals surface area contributed by atoms with Gasteiger partial charge in [-0.15, -0.1) is 0 Å². The molecule has 0 saturated heterocycles. The van der Waals surface area contributed by atoms with Crippen LogP contribution in [0.25, 0.3) is 0 Å². The van der Waals surface area contributed by atoms with Crippen LogP contribution in [0.5, 0.6) is 0 Å². The number of aromatic nitrogens is 2. The number of aryl methyl sites for hydroxylation is 1. The van der Waals surface area contributed by atoms with Gasteiger partial charge in [-0.2, -0.15) is 4.98 Å². The molecule has 154 valence electrons. The summed E-state index contributed by atoms with van der Waals surface area (Å²) in [6.07, 6.45) is -0.153.